The van der Waals surface area contributed by atoms with Gasteiger partial charge in [0, 0.05) is 36.1 Å². The van der Waals surface area contributed by atoms with Crippen molar-refractivity contribution >= 4 is 5.82 Å². The molecule has 0 atom stereocenters. The van der Waals surface area contributed by atoms with E-state index in [0.717, 1.165) is 36.7 Å². The zero-order valence-electron chi connectivity index (χ0n) is 12.3. The van der Waals surface area contributed by atoms with Crippen molar-refractivity contribution in [1.29, 1.82) is 0 Å². The predicted molar refractivity (Wildman–Crippen MR) is 81.4 cm³/mol. The van der Waals surface area contributed by atoms with Crippen molar-refractivity contribution in [1.82, 2.24) is 15.4 Å². The summed E-state index contributed by atoms with van der Waals surface area (Å²) in [6, 6.07) is 6.47. The molecule has 4 heteroatoms. The lowest BCUT2D eigenvalue weighted by atomic mass is 10.0. The molecule has 3 rings (SSSR count). The quantitative estimate of drug-likeness (QED) is 0.929. The standard InChI is InChI=1S/C16H20N4/c1-4-15-14(12-6-7-17-11(3)8-12)9-13-10-18-20(5-2)16(13)19-15/h6-9,18H,4-5,10H2,1-3H3. The van der Waals surface area contributed by atoms with Gasteiger partial charge in [0.1, 0.15) is 5.82 Å². The molecule has 0 aromatic carbocycles. The largest absolute Gasteiger partial charge is 0.292 e. The number of aryl methyl sites for hydroxylation is 2. The van der Waals surface area contributed by atoms with E-state index >= 15 is 0 Å². The Morgan fingerprint density at radius 3 is 2.85 bits per heavy atom. The van der Waals surface area contributed by atoms with E-state index < -0.39 is 0 Å². The van der Waals surface area contributed by atoms with Gasteiger partial charge in [0.05, 0.1) is 5.69 Å². The fourth-order valence-corrected chi connectivity index (χ4v) is 2.70. The van der Waals surface area contributed by atoms with E-state index in [-0.39, 0.29) is 0 Å². The molecule has 0 radical (unpaired) electrons. The number of aromatic nitrogens is 2. The number of anilines is 1. The van der Waals surface area contributed by atoms with Gasteiger partial charge in [0.2, 0.25) is 0 Å². The second-order valence-corrected chi connectivity index (χ2v) is 5.08. The third-order valence-corrected chi connectivity index (χ3v) is 3.73. The highest BCUT2D eigenvalue weighted by atomic mass is 15.5. The highest BCUT2D eigenvalue weighted by Crippen LogP contribution is 2.31. The first-order valence-electron chi connectivity index (χ1n) is 7.19. The van der Waals surface area contributed by atoms with Crippen LogP contribution in [0.15, 0.2) is 24.4 Å². The van der Waals surface area contributed by atoms with E-state index in [1.165, 1.54) is 16.7 Å². The molecular weight excluding hydrogens is 248 g/mol. The molecule has 1 N–H and O–H groups in total. The maximum atomic E-state index is 4.87. The van der Waals surface area contributed by atoms with Crippen molar-refractivity contribution < 1.29 is 0 Å². The van der Waals surface area contributed by atoms with Crippen molar-refractivity contribution in [3.05, 3.63) is 41.3 Å². The molecule has 0 unspecified atom stereocenters. The zero-order valence-corrected chi connectivity index (χ0v) is 12.3. The monoisotopic (exact) mass is 268 g/mol. The van der Waals surface area contributed by atoms with Gasteiger partial charge in [-0.05, 0) is 44.0 Å². The summed E-state index contributed by atoms with van der Waals surface area (Å²) in [6.07, 6.45) is 2.80. The number of rotatable bonds is 3. The van der Waals surface area contributed by atoms with Gasteiger partial charge in [-0.3, -0.25) is 9.99 Å². The van der Waals surface area contributed by atoms with Gasteiger partial charge in [-0.25, -0.2) is 10.4 Å². The minimum atomic E-state index is 0.858. The molecule has 0 saturated heterocycles. The molecule has 1 aliphatic rings. The van der Waals surface area contributed by atoms with Gasteiger partial charge in [-0.1, -0.05) is 6.92 Å². The molecule has 0 aliphatic carbocycles. The van der Waals surface area contributed by atoms with Crippen LogP contribution in [0.4, 0.5) is 5.82 Å². The summed E-state index contributed by atoms with van der Waals surface area (Å²) in [4.78, 5) is 9.15. The third-order valence-electron chi connectivity index (χ3n) is 3.73. The molecule has 3 heterocycles. The molecule has 1 aliphatic heterocycles. The van der Waals surface area contributed by atoms with Gasteiger partial charge < -0.3 is 0 Å². The second kappa shape index (κ2) is 5.21. The van der Waals surface area contributed by atoms with Crippen molar-refractivity contribution in [3.63, 3.8) is 0 Å². The number of hydrogen-bond donors (Lipinski definition) is 1. The van der Waals surface area contributed by atoms with Crippen LogP contribution in [0.3, 0.4) is 0 Å². The van der Waals surface area contributed by atoms with Crippen molar-refractivity contribution in [2.45, 2.75) is 33.7 Å². The molecule has 0 spiro atoms. The van der Waals surface area contributed by atoms with Gasteiger partial charge in [-0.2, -0.15) is 0 Å². The summed E-state index contributed by atoms with van der Waals surface area (Å²) in [7, 11) is 0. The first-order chi connectivity index (χ1) is 9.72. The number of hydrogen-bond acceptors (Lipinski definition) is 4. The maximum absolute atomic E-state index is 4.87. The average Bonchev–Trinajstić information content (AvgIpc) is 2.87. The molecular formula is C16H20N4. The minimum absolute atomic E-state index is 0.858. The lowest BCUT2D eigenvalue weighted by Crippen LogP contribution is -2.32. The molecule has 20 heavy (non-hydrogen) atoms. The first kappa shape index (κ1) is 13.1. The Morgan fingerprint density at radius 1 is 1.30 bits per heavy atom. The summed E-state index contributed by atoms with van der Waals surface area (Å²) >= 11 is 0. The Hall–Kier alpha value is -1.94. The second-order valence-electron chi connectivity index (χ2n) is 5.08. The molecule has 104 valence electrons. The lowest BCUT2D eigenvalue weighted by molar-refractivity contribution is 0.682. The van der Waals surface area contributed by atoms with Crippen LogP contribution in [0.1, 0.15) is 30.8 Å². The molecule has 4 nitrogen and oxygen atoms in total. The fourth-order valence-electron chi connectivity index (χ4n) is 2.70. The van der Waals surface area contributed by atoms with Gasteiger partial charge >= 0.3 is 0 Å². The average molecular weight is 268 g/mol. The lowest BCUT2D eigenvalue weighted by Gasteiger charge is -2.17. The van der Waals surface area contributed by atoms with E-state index in [1.807, 2.05) is 13.1 Å². The van der Waals surface area contributed by atoms with E-state index in [1.54, 1.807) is 0 Å². The van der Waals surface area contributed by atoms with Crippen LogP contribution >= 0.6 is 0 Å². The van der Waals surface area contributed by atoms with E-state index in [9.17, 15) is 0 Å². The van der Waals surface area contributed by atoms with Gasteiger partial charge in [0.15, 0.2) is 0 Å². The van der Waals surface area contributed by atoms with Gasteiger partial charge in [-0.15, -0.1) is 0 Å². The molecule has 2 aromatic rings. The number of fused-ring (bicyclic) bond motifs is 1. The van der Waals surface area contributed by atoms with Crippen LogP contribution < -0.4 is 10.4 Å². The predicted octanol–water partition coefficient (Wildman–Crippen LogP) is 2.86. The smallest absolute Gasteiger partial charge is 0.147 e. The maximum Gasteiger partial charge on any atom is 0.147 e. The fraction of sp³-hybridized carbons (Fsp3) is 0.375. The Balaban J connectivity index is 2.13. The summed E-state index contributed by atoms with van der Waals surface area (Å²) in [5.41, 5.74) is 9.27. The summed E-state index contributed by atoms with van der Waals surface area (Å²) in [5.74, 6) is 1.08. The zero-order chi connectivity index (χ0) is 14.1. The molecule has 2 aromatic heterocycles. The van der Waals surface area contributed by atoms with Gasteiger partial charge in [0.25, 0.3) is 0 Å². The summed E-state index contributed by atoms with van der Waals surface area (Å²) < 4.78 is 0. The van der Waals surface area contributed by atoms with Crippen LogP contribution in [0.5, 0.6) is 0 Å². The van der Waals surface area contributed by atoms with E-state index in [2.05, 4.69) is 47.5 Å². The molecule has 0 amide bonds. The Bertz CT molecular complexity index is 636. The highest BCUT2D eigenvalue weighted by Gasteiger charge is 2.21. The third kappa shape index (κ3) is 2.16. The highest BCUT2D eigenvalue weighted by molar-refractivity contribution is 5.70. The van der Waals surface area contributed by atoms with Crippen LogP contribution in [-0.2, 0) is 13.0 Å². The molecule has 0 bridgehead atoms. The van der Waals surface area contributed by atoms with Crippen molar-refractivity contribution in [3.8, 4) is 11.1 Å². The minimum Gasteiger partial charge on any atom is -0.292 e. The van der Waals surface area contributed by atoms with Crippen LogP contribution in [0.25, 0.3) is 11.1 Å². The Kier molecular flexibility index (Phi) is 3.40. The summed E-state index contributed by atoms with van der Waals surface area (Å²) in [6.45, 7) is 8.10. The van der Waals surface area contributed by atoms with Crippen LogP contribution in [0, 0.1) is 6.92 Å². The topological polar surface area (TPSA) is 41.1 Å². The van der Waals surface area contributed by atoms with Crippen molar-refractivity contribution in [2.24, 2.45) is 0 Å². The number of nitrogens with one attached hydrogen (secondary N) is 1. The summed E-state index contributed by atoms with van der Waals surface area (Å²) in [5, 5.41) is 2.12. The van der Waals surface area contributed by atoms with Crippen molar-refractivity contribution in [2.75, 3.05) is 11.6 Å². The molecule has 0 fully saturated rings. The normalized spacial score (nSPS) is 13.7. The number of hydrazine groups is 1. The van der Waals surface area contributed by atoms with Crippen LogP contribution in [0.2, 0.25) is 0 Å². The van der Waals surface area contributed by atoms with Crippen LogP contribution in [-0.4, -0.2) is 16.5 Å². The Labute approximate surface area is 119 Å². The number of nitrogens with zero attached hydrogens (tertiary/aromatic N) is 3. The van der Waals surface area contributed by atoms with E-state index in [4.69, 9.17) is 4.98 Å². The SMILES string of the molecule is CCc1nc2c(cc1-c1ccnc(C)c1)CNN2CC. The Morgan fingerprint density at radius 2 is 2.15 bits per heavy atom. The first-order valence-corrected chi connectivity index (χ1v) is 7.19. The number of pyridine rings is 2. The molecule has 0 saturated carbocycles. The van der Waals surface area contributed by atoms with E-state index in [0.29, 0.717) is 0 Å².